The van der Waals surface area contributed by atoms with Gasteiger partial charge in [0, 0.05) is 22.6 Å². The molecule has 0 radical (unpaired) electrons. The molecular weight excluding hydrogens is 366 g/mol. The molecule has 0 saturated carbocycles. The van der Waals surface area contributed by atoms with Crippen molar-refractivity contribution < 1.29 is 14.3 Å². The molecule has 0 atom stereocenters. The molecule has 0 bridgehead atoms. The zero-order valence-corrected chi connectivity index (χ0v) is 17.1. The van der Waals surface area contributed by atoms with Crippen LogP contribution in [0.3, 0.4) is 0 Å². The summed E-state index contributed by atoms with van der Waals surface area (Å²) < 4.78 is 7.27. The molecule has 6 heteroatoms. The predicted molar refractivity (Wildman–Crippen MR) is 114 cm³/mol. The molecule has 0 spiro atoms. The third kappa shape index (κ3) is 5.25. The van der Waals surface area contributed by atoms with Crippen molar-refractivity contribution in [2.24, 2.45) is 0 Å². The van der Waals surface area contributed by atoms with Gasteiger partial charge in [-0.15, -0.1) is 0 Å². The molecule has 0 fully saturated rings. The fourth-order valence-corrected chi connectivity index (χ4v) is 3.11. The van der Waals surface area contributed by atoms with Gasteiger partial charge in [-0.25, -0.2) is 0 Å². The first-order chi connectivity index (χ1) is 13.8. The Hall–Kier alpha value is -3.54. The van der Waals surface area contributed by atoms with Crippen molar-refractivity contribution in [3.63, 3.8) is 0 Å². The first-order valence-electron chi connectivity index (χ1n) is 9.39. The highest BCUT2D eigenvalue weighted by Crippen LogP contribution is 2.15. The van der Waals surface area contributed by atoms with Crippen LogP contribution in [-0.2, 0) is 4.79 Å². The van der Waals surface area contributed by atoms with Crippen LogP contribution < -0.4 is 15.5 Å². The van der Waals surface area contributed by atoms with E-state index in [9.17, 15) is 9.59 Å². The molecule has 0 aliphatic heterocycles. The second-order valence-corrected chi connectivity index (χ2v) is 7.13. The van der Waals surface area contributed by atoms with E-state index in [0.29, 0.717) is 11.3 Å². The summed E-state index contributed by atoms with van der Waals surface area (Å²) in [6.45, 7) is 7.70. The lowest BCUT2D eigenvalue weighted by molar-refractivity contribution is -0.118. The maximum absolute atomic E-state index is 12.4. The smallest absolute Gasteiger partial charge is 0.270 e. The highest BCUT2D eigenvalue weighted by molar-refractivity contribution is 6.00. The standard InChI is InChI=1S/C23H25N3O3/c1-15-11-16(2)13-20(12-15)24-22(27)14-29-21-9-7-19(8-10-21)23(28)25-26-17(3)5-6-18(26)4/h5-13H,14H2,1-4H3,(H,24,27)(H,25,28). The predicted octanol–water partition coefficient (Wildman–Crippen LogP) is 4.12. The van der Waals surface area contributed by atoms with Gasteiger partial charge in [0.1, 0.15) is 5.75 Å². The van der Waals surface area contributed by atoms with Crippen molar-refractivity contribution in [2.45, 2.75) is 27.7 Å². The summed E-state index contributed by atoms with van der Waals surface area (Å²) in [5.74, 6) is 0.0623. The molecule has 1 heterocycles. The van der Waals surface area contributed by atoms with Gasteiger partial charge in [-0.05, 0) is 87.4 Å². The quantitative estimate of drug-likeness (QED) is 0.664. The number of amides is 2. The number of carbonyl (C=O) groups is 2. The Kier molecular flexibility index (Phi) is 6.02. The van der Waals surface area contributed by atoms with E-state index in [1.54, 1.807) is 28.9 Å². The monoisotopic (exact) mass is 391 g/mol. The van der Waals surface area contributed by atoms with E-state index >= 15 is 0 Å². The lowest BCUT2D eigenvalue weighted by atomic mass is 10.1. The minimum Gasteiger partial charge on any atom is -0.484 e. The topological polar surface area (TPSA) is 72.4 Å². The molecule has 3 rings (SSSR count). The van der Waals surface area contributed by atoms with Crippen molar-refractivity contribution in [3.8, 4) is 5.75 Å². The molecule has 2 aromatic carbocycles. The molecular formula is C23H25N3O3. The molecule has 29 heavy (non-hydrogen) atoms. The molecule has 2 N–H and O–H groups in total. The van der Waals surface area contributed by atoms with Gasteiger partial charge < -0.3 is 10.1 Å². The number of aromatic nitrogens is 1. The minimum atomic E-state index is -0.240. The summed E-state index contributed by atoms with van der Waals surface area (Å²) in [6, 6.07) is 16.4. The fraction of sp³-hybridized carbons (Fsp3) is 0.217. The summed E-state index contributed by atoms with van der Waals surface area (Å²) in [6.07, 6.45) is 0. The Morgan fingerprint density at radius 1 is 0.862 bits per heavy atom. The van der Waals surface area contributed by atoms with Gasteiger partial charge in [0.2, 0.25) is 0 Å². The van der Waals surface area contributed by atoms with Crippen LogP contribution >= 0.6 is 0 Å². The van der Waals surface area contributed by atoms with Crippen LogP contribution in [0.5, 0.6) is 5.75 Å². The number of benzene rings is 2. The van der Waals surface area contributed by atoms with Crippen LogP contribution in [0, 0.1) is 27.7 Å². The number of ether oxygens (including phenoxy) is 1. The third-order valence-electron chi connectivity index (χ3n) is 4.48. The number of rotatable bonds is 6. The number of nitrogens with one attached hydrogen (secondary N) is 2. The molecule has 3 aromatic rings. The number of hydrogen-bond acceptors (Lipinski definition) is 3. The zero-order chi connectivity index (χ0) is 21.0. The van der Waals surface area contributed by atoms with Crippen molar-refractivity contribution in [2.75, 3.05) is 17.3 Å². The van der Waals surface area contributed by atoms with Crippen LogP contribution in [0.15, 0.2) is 54.6 Å². The van der Waals surface area contributed by atoms with Crippen LogP contribution in [0.25, 0.3) is 0 Å². The highest BCUT2D eigenvalue weighted by Gasteiger charge is 2.10. The Morgan fingerprint density at radius 3 is 2.03 bits per heavy atom. The van der Waals surface area contributed by atoms with Gasteiger partial charge in [-0.2, -0.15) is 0 Å². The van der Waals surface area contributed by atoms with Crippen molar-refractivity contribution in [1.29, 1.82) is 0 Å². The Morgan fingerprint density at radius 2 is 1.45 bits per heavy atom. The molecule has 0 aliphatic carbocycles. The van der Waals surface area contributed by atoms with Gasteiger partial charge in [0.05, 0.1) is 0 Å². The van der Waals surface area contributed by atoms with Crippen LogP contribution in [0.2, 0.25) is 0 Å². The van der Waals surface area contributed by atoms with E-state index in [-0.39, 0.29) is 18.4 Å². The molecule has 6 nitrogen and oxygen atoms in total. The lowest BCUT2D eigenvalue weighted by Crippen LogP contribution is -2.24. The second kappa shape index (κ2) is 8.65. The van der Waals surface area contributed by atoms with Crippen molar-refractivity contribution >= 4 is 17.5 Å². The van der Waals surface area contributed by atoms with Gasteiger partial charge in [0.15, 0.2) is 6.61 Å². The van der Waals surface area contributed by atoms with Crippen molar-refractivity contribution in [3.05, 3.63) is 82.7 Å². The molecule has 1 aromatic heterocycles. The second-order valence-electron chi connectivity index (χ2n) is 7.13. The SMILES string of the molecule is Cc1cc(C)cc(NC(=O)COc2ccc(C(=O)Nn3c(C)ccc3C)cc2)c1. The first kappa shape index (κ1) is 20.2. The van der Waals surface area contributed by atoms with Crippen LogP contribution in [-0.4, -0.2) is 23.1 Å². The number of carbonyl (C=O) groups excluding carboxylic acids is 2. The largest absolute Gasteiger partial charge is 0.484 e. The van der Waals surface area contributed by atoms with Gasteiger partial charge >= 0.3 is 0 Å². The Labute approximate surface area is 170 Å². The summed E-state index contributed by atoms with van der Waals surface area (Å²) in [7, 11) is 0. The van der Waals surface area contributed by atoms with Crippen LogP contribution in [0.1, 0.15) is 32.9 Å². The van der Waals surface area contributed by atoms with Crippen LogP contribution in [0.4, 0.5) is 5.69 Å². The van der Waals surface area contributed by atoms with E-state index in [1.807, 2.05) is 58.0 Å². The molecule has 0 aliphatic rings. The first-order valence-corrected chi connectivity index (χ1v) is 9.39. The average molecular weight is 391 g/mol. The maximum Gasteiger partial charge on any atom is 0.270 e. The third-order valence-corrected chi connectivity index (χ3v) is 4.48. The zero-order valence-electron chi connectivity index (χ0n) is 17.1. The molecule has 0 unspecified atom stereocenters. The van der Waals surface area contributed by atoms with Gasteiger partial charge in [-0.1, -0.05) is 6.07 Å². The molecule has 150 valence electrons. The molecule has 0 saturated heterocycles. The number of aryl methyl sites for hydroxylation is 4. The van der Waals surface area contributed by atoms with E-state index in [1.165, 1.54) is 0 Å². The van der Waals surface area contributed by atoms with E-state index in [4.69, 9.17) is 4.74 Å². The van der Waals surface area contributed by atoms with E-state index in [0.717, 1.165) is 28.2 Å². The fourth-order valence-electron chi connectivity index (χ4n) is 3.11. The summed E-state index contributed by atoms with van der Waals surface area (Å²) >= 11 is 0. The van der Waals surface area contributed by atoms with Gasteiger partial charge in [-0.3, -0.25) is 19.7 Å². The summed E-state index contributed by atoms with van der Waals surface area (Å²) in [5.41, 5.74) is 8.17. The average Bonchev–Trinajstić information content (AvgIpc) is 2.98. The van der Waals surface area contributed by atoms with E-state index in [2.05, 4.69) is 10.7 Å². The minimum absolute atomic E-state index is 0.111. The summed E-state index contributed by atoms with van der Waals surface area (Å²) in [5, 5.41) is 2.83. The number of hydrogen-bond donors (Lipinski definition) is 2. The van der Waals surface area contributed by atoms with Gasteiger partial charge in [0.25, 0.3) is 11.8 Å². The normalized spacial score (nSPS) is 10.5. The highest BCUT2D eigenvalue weighted by atomic mass is 16.5. The van der Waals surface area contributed by atoms with Crippen molar-refractivity contribution in [1.82, 2.24) is 4.68 Å². The van der Waals surface area contributed by atoms with E-state index < -0.39 is 0 Å². The maximum atomic E-state index is 12.4. The Bertz CT molecular complexity index is 996. The molecule has 2 amide bonds. The lowest BCUT2D eigenvalue weighted by Gasteiger charge is -2.12. The summed E-state index contributed by atoms with van der Waals surface area (Å²) in [4.78, 5) is 24.5. The number of anilines is 1. The Balaban J connectivity index is 1.55. The number of nitrogens with zero attached hydrogens (tertiary/aromatic N) is 1.